The first kappa shape index (κ1) is 18.5. The Morgan fingerprint density at radius 1 is 1.45 bits per heavy atom. The Morgan fingerprint density at radius 2 is 2.28 bits per heavy atom. The van der Waals surface area contributed by atoms with Crippen LogP contribution in [-0.4, -0.2) is 57.6 Å². The third-order valence-corrected chi connectivity index (χ3v) is 6.69. The molecule has 5 rings (SSSR count). The lowest BCUT2D eigenvalue weighted by Gasteiger charge is -2.46. The summed E-state index contributed by atoms with van der Waals surface area (Å²) < 4.78 is 5.77. The van der Waals surface area contributed by atoms with Crippen LogP contribution in [0.1, 0.15) is 25.5 Å². The Morgan fingerprint density at radius 3 is 2.97 bits per heavy atom. The van der Waals surface area contributed by atoms with Crippen molar-refractivity contribution in [2.24, 2.45) is 10.9 Å². The first-order chi connectivity index (χ1) is 13.9. The van der Waals surface area contributed by atoms with Crippen molar-refractivity contribution < 1.29 is 14.3 Å². The highest BCUT2D eigenvalue weighted by molar-refractivity contribution is 5.85. The summed E-state index contributed by atoms with van der Waals surface area (Å²) in [7, 11) is 0. The van der Waals surface area contributed by atoms with Gasteiger partial charge in [-0.3, -0.25) is 9.69 Å². The smallest absolute Gasteiger partial charge is 0.240 e. The fourth-order valence-corrected chi connectivity index (χ4v) is 5.39. The van der Waals surface area contributed by atoms with Crippen LogP contribution >= 0.6 is 0 Å². The molecule has 8 heteroatoms. The van der Waals surface area contributed by atoms with E-state index in [4.69, 9.17) is 10.2 Å². The van der Waals surface area contributed by atoms with Crippen LogP contribution in [0.3, 0.4) is 0 Å². The average molecular weight is 396 g/mol. The number of nitrogens with zero attached hydrogens (tertiary/aromatic N) is 3. The molecular formula is C21H24N4O4. The van der Waals surface area contributed by atoms with E-state index in [1.165, 1.54) is 0 Å². The van der Waals surface area contributed by atoms with Gasteiger partial charge in [0.2, 0.25) is 5.91 Å². The van der Waals surface area contributed by atoms with E-state index in [0.717, 1.165) is 5.57 Å². The van der Waals surface area contributed by atoms with Crippen molar-refractivity contribution in [3.05, 3.63) is 64.6 Å². The number of hydrogen-bond acceptors (Lipinski definition) is 7. The maximum absolute atomic E-state index is 13.4. The summed E-state index contributed by atoms with van der Waals surface area (Å²) in [5.41, 5.74) is 4.62. The average Bonchev–Trinajstić information content (AvgIpc) is 3.37. The van der Waals surface area contributed by atoms with Crippen LogP contribution < -0.4 is 5.73 Å². The first-order valence-electron chi connectivity index (χ1n) is 9.96. The maximum Gasteiger partial charge on any atom is 0.240 e. The highest BCUT2D eigenvalue weighted by Crippen LogP contribution is 2.59. The molecule has 3 unspecified atom stereocenters. The van der Waals surface area contributed by atoms with Gasteiger partial charge in [-0.15, -0.1) is 4.91 Å². The molecular weight excluding hydrogens is 372 g/mol. The van der Waals surface area contributed by atoms with Crippen LogP contribution in [0.25, 0.3) is 0 Å². The summed E-state index contributed by atoms with van der Waals surface area (Å²) in [4.78, 5) is 28.6. The minimum Gasteiger partial charge on any atom is -0.467 e. The number of nitroso groups, excluding NO2 is 1. The quantitative estimate of drug-likeness (QED) is 0.728. The molecule has 4 aliphatic rings. The van der Waals surface area contributed by atoms with Gasteiger partial charge in [0, 0.05) is 25.6 Å². The minimum absolute atomic E-state index is 0.00454. The predicted molar refractivity (Wildman–Crippen MR) is 105 cm³/mol. The van der Waals surface area contributed by atoms with Crippen LogP contribution in [0.2, 0.25) is 0 Å². The molecule has 0 aromatic carbocycles. The molecule has 0 spiro atoms. The van der Waals surface area contributed by atoms with E-state index in [1.807, 2.05) is 24.0 Å². The Bertz CT molecular complexity index is 950. The van der Waals surface area contributed by atoms with E-state index in [2.05, 4.69) is 10.1 Å². The minimum atomic E-state index is -1.41. The number of fused-ring (bicyclic) bond motifs is 1. The molecule has 2 bridgehead atoms. The van der Waals surface area contributed by atoms with Gasteiger partial charge in [-0.2, -0.15) is 0 Å². The van der Waals surface area contributed by atoms with E-state index >= 15 is 0 Å². The van der Waals surface area contributed by atoms with Crippen LogP contribution in [-0.2, 0) is 10.3 Å². The second-order valence-electron chi connectivity index (χ2n) is 8.50. The van der Waals surface area contributed by atoms with Gasteiger partial charge < -0.3 is 20.2 Å². The number of carbonyl (C=O) groups is 1. The third-order valence-electron chi connectivity index (χ3n) is 6.69. The molecule has 0 saturated carbocycles. The van der Waals surface area contributed by atoms with Crippen molar-refractivity contribution in [1.29, 1.82) is 0 Å². The number of amides is 1. The van der Waals surface area contributed by atoms with Crippen molar-refractivity contribution in [1.82, 2.24) is 9.80 Å². The highest BCUT2D eigenvalue weighted by Gasteiger charge is 2.70. The molecule has 2 saturated heterocycles. The van der Waals surface area contributed by atoms with Gasteiger partial charge in [0.15, 0.2) is 0 Å². The Hall–Kier alpha value is -2.55. The zero-order valence-electron chi connectivity index (χ0n) is 16.2. The summed E-state index contributed by atoms with van der Waals surface area (Å²) in [5, 5.41) is 14.9. The number of nitrogens with two attached hydrogens (primary N) is 1. The number of piperazine rings is 1. The van der Waals surface area contributed by atoms with Crippen LogP contribution in [0.5, 0.6) is 0 Å². The van der Waals surface area contributed by atoms with Crippen LogP contribution in [0.4, 0.5) is 0 Å². The normalized spacial score (nSPS) is 39.4. The fraction of sp³-hybridized carbons (Fsp3) is 0.476. The zero-order chi connectivity index (χ0) is 20.4. The molecule has 4 heterocycles. The van der Waals surface area contributed by atoms with Crippen LogP contribution in [0, 0.1) is 4.91 Å². The van der Waals surface area contributed by atoms with Gasteiger partial charge in [-0.1, -0.05) is 0 Å². The second-order valence-corrected chi connectivity index (χ2v) is 8.50. The Kier molecular flexibility index (Phi) is 3.96. The number of hydrogen-bond donors (Lipinski definition) is 2. The van der Waals surface area contributed by atoms with Crippen molar-refractivity contribution in [2.75, 3.05) is 13.1 Å². The molecule has 5 atom stereocenters. The molecule has 1 aromatic rings. The number of aliphatic hydroxyl groups is 1. The molecule has 1 amide bonds. The van der Waals surface area contributed by atoms with Crippen molar-refractivity contribution in [2.45, 2.75) is 49.0 Å². The van der Waals surface area contributed by atoms with E-state index < -0.39 is 17.2 Å². The molecule has 2 fully saturated rings. The van der Waals surface area contributed by atoms with Crippen molar-refractivity contribution in [3.8, 4) is 0 Å². The lowest BCUT2D eigenvalue weighted by molar-refractivity contribution is -0.144. The molecule has 1 aromatic heterocycles. The molecule has 1 aliphatic carbocycles. The standard InChI is InChI=1S/C21H24N4O4/c1-13(22)5-7-24-12-17-14-9-15(23-28)4-6-20(27)11-16(19(24)26)25(17)21(20,10-14)18-3-2-8-29-18/h2-4,6,8-10,13,16-17,27H,5,7,11-12,22H2,1H3/b6-4-,15-9+/t13?,16-,17-,20?,21?/m0/s1. The SMILES string of the molecule is CC(N)CCN1C[C@H]2C3=CC4(c5ccco5)N2[C@@H](CC4(O)/C=C\C(N=O)=C/3)C1=O. The molecule has 29 heavy (non-hydrogen) atoms. The Balaban J connectivity index is 1.67. The topological polar surface area (TPSA) is 112 Å². The number of rotatable bonds is 5. The van der Waals surface area contributed by atoms with E-state index in [1.54, 1.807) is 30.6 Å². The lowest BCUT2D eigenvalue weighted by atomic mass is 9.77. The third kappa shape index (κ3) is 2.39. The van der Waals surface area contributed by atoms with E-state index in [0.29, 0.717) is 25.3 Å². The molecule has 8 nitrogen and oxygen atoms in total. The van der Waals surface area contributed by atoms with E-state index in [-0.39, 0.29) is 30.1 Å². The van der Waals surface area contributed by atoms with Crippen LogP contribution in [0.15, 0.2) is 63.6 Å². The highest BCUT2D eigenvalue weighted by atomic mass is 16.3. The summed E-state index contributed by atoms with van der Waals surface area (Å²) >= 11 is 0. The van der Waals surface area contributed by atoms with Gasteiger partial charge >= 0.3 is 0 Å². The van der Waals surface area contributed by atoms with Gasteiger partial charge in [-0.25, -0.2) is 0 Å². The summed E-state index contributed by atoms with van der Waals surface area (Å²) in [6.45, 7) is 2.95. The van der Waals surface area contributed by atoms with Crippen molar-refractivity contribution >= 4 is 5.91 Å². The summed E-state index contributed by atoms with van der Waals surface area (Å²) in [5.74, 6) is 0.579. The zero-order valence-corrected chi connectivity index (χ0v) is 16.2. The van der Waals surface area contributed by atoms with Gasteiger partial charge in [-0.05, 0) is 60.5 Å². The summed E-state index contributed by atoms with van der Waals surface area (Å²) in [6, 6.07) is 2.95. The molecule has 0 radical (unpaired) electrons. The van der Waals surface area contributed by atoms with Gasteiger partial charge in [0.25, 0.3) is 0 Å². The molecule has 3 N–H and O–H groups in total. The number of carbonyl (C=O) groups excluding carboxylic acids is 1. The predicted octanol–water partition coefficient (Wildman–Crippen LogP) is 1.39. The Labute approximate surface area is 168 Å². The van der Waals surface area contributed by atoms with E-state index in [9.17, 15) is 14.8 Å². The molecule has 152 valence electrons. The lowest BCUT2D eigenvalue weighted by Crippen LogP contribution is -2.62. The maximum atomic E-state index is 13.4. The van der Waals surface area contributed by atoms with Gasteiger partial charge in [0.1, 0.15) is 22.6 Å². The number of allylic oxidation sites excluding steroid dienone is 1. The second kappa shape index (κ2) is 6.22. The summed E-state index contributed by atoms with van der Waals surface area (Å²) in [6.07, 6.45) is 9.32. The van der Waals surface area contributed by atoms with Crippen molar-refractivity contribution in [3.63, 3.8) is 0 Å². The monoisotopic (exact) mass is 396 g/mol. The fourth-order valence-electron chi connectivity index (χ4n) is 5.39. The number of furan rings is 1. The molecule has 3 aliphatic heterocycles. The first-order valence-corrected chi connectivity index (χ1v) is 9.96. The van der Waals surface area contributed by atoms with Gasteiger partial charge in [0.05, 0.1) is 18.3 Å². The largest absolute Gasteiger partial charge is 0.467 e.